The van der Waals surface area contributed by atoms with E-state index in [0.29, 0.717) is 28.4 Å². The molecule has 3 heterocycles. The van der Waals surface area contributed by atoms with Crippen LogP contribution in [0, 0.1) is 0 Å². The van der Waals surface area contributed by atoms with E-state index in [1.165, 1.54) is 10.4 Å². The Morgan fingerprint density at radius 2 is 2.00 bits per heavy atom. The molecule has 0 saturated carbocycles. The third-order valence-electron chi connectivity index (χ3n) is 4.58. The number of aromatic nitrogens is 2. The third kappa shape index (κ3) is 4.39. The monoisotopic (exact) mass is 428 g/mol. The Labute approximate surface area is 178 Å². The predicted molar refractivity (Wildman–Crippen MR) is 119 cm³/mol. The van der Waals surface area contributed by atoms with E-state index in [2.05, 4.69) is 38.5 Å². The van der Waals surface area contributed by atoms with Crippen molar-refractivity contribution in [3.63, 3.8) is 0 Å². The van der Waals surface area contributed by atoms with Crippen LogP contribution in [0.25, 0.3) is 10.2 Å². The van der Waals surface area contributed by atoms with Crippen molar-refractivity contribution in [3.8, 4) is 0 Å². The second-order valence-electron chi connectivity index (χ2n) is 7.88. The van der Waals surface area contributed by atoms with E-state index in [1.807, 2.05) is 18.2 Å². The lowest BCUT2D eigenvalue weighted by Gasteiger charge is -2.30. The van der Waals surface area contributed by atoms with Crippen LogP contribution in [0.4, 0.5) is 5.82 Å². The van der Waals surface area contributed by atoms with Crippen LogP contribution in [-0.2, 0) is 17.8 Å². The van der Waals surface area contributed by atoms with Crippen molar-refractivity contribution in [1.82, 2.24) is 15.4 Å². The standard InChI is InChI=1S/C21H24N4O2S2/c1-12(2)28-20-22-17(24-25-18(26)13-8-6-5-7-9-13)16-14-10-21(3,4)27-11-15(14)29-19(16)23-20/h5-9,12H,10-11H2,1-4H3,(H,25,26)(H,22,23,24). The molecule has 2 aromatic heterocycles. The number of anilines is 1. The van der Waals surface area contributed by atoms with Crippen LogP contribution < -0.4 is 10.9 Å². The molecule has 1 amide bonds. The Kier molecular flexibility index (Phi) is 5.50. The minimum atomic E-state index is -0.239. The third-order valence-corrected chi connectivity index (χ3v) is 6.55. The molecule has 1 aliphatic heterocycles. The number of hydrogen-bond acceptors (Lipinski definition) is 7. The van der Waals surface area contributed by atoms with Crippen molar-refractivity contribution in [2.75, 3.05) is 5.43 Å². The molecule has 8 heteroatoms. The van der Waals surface area contributed by atoms with E-state index in [0.717, 1.165) is 16.6 Å². The first kappa shape index (κ1) is 20.1. The number of hydrazine groups is 1. The Morgan fingerprint density at radius 1 is 1.24 bits per heavy atom. The molecule has 6 nitrogen and oxygen atoms in total. The molecule has 0 unspecified atom stereocenters. The summed E-state index contributed by atoms with van der Waals surface area (Å²) in [5.74, 6) is 0.431. The number of nitrogens with one attached hydrogen (secondary N) is 2. The van der Waals surface area contributed by atoms with Crippen LogP contribution in [-0.4, -0.2) is 26.7 Å². The Balaban J connectivity index is 1.71. The summed E-state index contributed by atoms with van der Waals surface area (Å²) in [6.07, 6.45) is 0.781. The molecule has 0 aliphatic carbocycles. The van der Waals surface area contributed by atoms with E-state index in [-0.39, 0.29) is 11.5 Å². The molecule has 0 radical (unpaired) electrons. The van der Waals surface area contributed by atoms with Gasteiger partial charge >= 0.3 is 0 Å². The maximum absolute atomic E-state index is 12.5. The van der Waals surface area contributed by atoms with Crippen molar-refractivity contribution in [3.05, 3.63) is 46.3 Å². The van der Waals surface area contributed by atoms with Gasteiger partial charge in [-0.1, -0.05) is 43.8 Å². The van der Waals surface area contributed by atoms with E-state index in [4.69, 9.17) is 14.7 Å². The van der Waals surface area contributed by atoms with Crippen molar-refractivity contribution < 1.29 is 9.53 Å². The number of benzene rings is 1. The van der Waals surface area contributed by atoms with Crippen LogP contribution in [0.2, 0.25) is 0 Å². The topological polar surface area (TPSA) is 76.1 Å². The summed E-state index contributed by atoms with van der Waals surface area (Å²) in [5, 5.41) is 2.03. The van der Waals surface area contributed by atoms with Crippen molar-refractivity contribution in [2.45, 2.75) is 56.7 Å². The number of amides is 1. The van der Waals surface area contributed by atoms with Crippen LogP contribution in [0.1, 0.15) is 48.5 Å². The number of thiophene rings is 1. The summed E-state index contributed by atoms with van der Waals surface area (Å²) in [4.78, 5) is 24.1. The average Bonchev–Trinajstić information content (AvgIpc) is 3.02. The molecule has 0 bridgehead atoms. The van der Waals surface area contributed by atoms with Gasteiger partial charge in [-0.3, -0.25) is 15.6 Å². The fraction of sp³-hybridized carbons (Fsp3) is 0.381. The van der Waals surface area contributed by atoms with Gasteiger partial charge in [0, 0.05) is 22.1 Å². The van der Waals surface area contributed by atoms with E-state index in [1.54, 1.807) is 35.2 Å². The number of fused-ring (bicyclic) bond motifs is 3. The molecule has 29 heavy (non-hydrogen) atoms. The van der Waals surface area contributed by atoms with Gasteiger partial charge in [0.05, 0.1) is 17.6 Å². The van der Waals surface area contributed by atoms with Crippen LogP contribution >= 0.6 is 23.1 Å². The van der Waals surface area contributed by atoms with Gasteiger partial charge in [0.15, 0.2) is 11.0 Å². The SMILES string of the molecule is CC(C)Sc1nc(NNC(=O)c2ccccc2)c2c3c(sc2n1)COC(C)(C)C3. The maximum atomic E-state index is 12.5. The molecule has 1 aromatic carbocycles. The molecule has 1 aliphatic rings. The van der Waals surface area contributed by atoms with Crippen LogP contribution in [0.15, 0.2) is 35.5 Å². The normalized spacial score (nSPS) is 15.3. The fourth-order valence-electron chi connectivity index (χ4n) is 3.26. The second kappa shape index (κ2) is 7.93. The first-order valence-electron chi connectivity index (χ1n) is 9.57. The molecule has 0 saturated heterocycles. The summed E-state index contributed by atoms with van der Waals surface area (Å²) >= 11 is 3.25. The predicted octanol–water partition coefficient (Wildman–Crippen LogP) is 4.80. The Morgan fingerprint density at radius 3 is 2.72 bits per heavy atom. The van der Waals surface area contributed by atoms with Gasteiger partial charge in [-0.25, -0.2) is 9.97 Å². The summed E-state index contributed by atoms with van der Waals surface area (Å²) in [6.45, 7) is 8.98. The number of ether oxygens (including phenoxy) is 1. The largest absolute Gasteiger partial charge is 0.370 e. The molecular formula is C21H24N4O2S2. The average molecular weight is 429 g/mol. The highest BCUT2D eigenvalue weighted by Gasteiger charge is 2.31. The molecule has 0 fully saturated rings. The van der Waals surface area contributed by atoms with Gasteiger partial charge < -0.3 is 4.74 Å². The van der Waals surface area contributed by atoms with E-state index >= 15 is 0 Å². The van der Waals surface area contributed by atoms with Crippen molar-refractivity contribution >= 4 is 45.0 Å². The fourth-order valence-corrected chi connectivity index (χ4v) is 5.13. The molecule has 3 aromatic rings. The highest BCUT2D eigenvalue weighted by Crippen LogP contribution is 2.41. The number of nitrogens with zero attached hydrogens (tertiary/aromatic N) is 2. The summed E-state index contributed by atoms with van der Waals surface area (Å²) < 4.78 is 5.98. The Bertz CT molecular complexity index is 1050. The first-order valence-corrected chi connectivity index (χ1v) is 11.3. The van der Waals surface area contributed by atoms with Gasteiger partial charge in [0.25, 0.3) is 5.91 Å². The zero-order valence-electron chi connectivity index (χ0n) is 16.9. The number of rotatable bonds is 5. The second-order valence-corrected chi connectivity index (χ2v) is 10.5. The Hall–Kier alpha value is -2.16. The van der Waals surface area contributed by atoms with Crippen LogP contribution in [0.5, 0.6) is 0 Å². The van der Waals surface area contributed by atoms with Crippen LogP contribution in [0.3, 0.4) is 0 Å². The lowest BCUT2D eigenvalue weighted by Crippen LogP contribution is -2.32. The van der Waals surface area contributed by atoms with Gasteiger partial charge in [0.1, 0.15) is 4.83 Å². The minimum Gasteiger partial charge on any atom is -0.370 e. The highest BCUT2D eigenvalue weighted by molar-refractivity contribution is 7.99. The maximum Gasteiger partial charge on any atom is 0.269 e. The van der Waals surface area contributed by atoms with Gasteiger partial charge in [-0.15, -0.1) is 11.3 Å². The molecular weight excluding hydrogens is 404 g/mol. The molecule has 4 rings (SSSR count). The number of carbonyl (C=O) groups excluding carboxylic acids is 1. The van der Waals surface area contributed by atoms with E-state index in [9.17, 15) is 4.79 Å². The minimum absolute atomic E-state index is 0.205. The highest BCUT2D eigenvalue weighted by atomic mass is 32.2. The first-order chi connectivity index (χ1) is 13.8. The van der Waals surface area contributed by atoms with E-state index < -0.39 is 0 Å². The van der Waals surface area contributed by atoms with Crippen molar-refractivity contribution in [2.24, 2.45) is 0 Å². The summed E-state index contributed by atoms with van der Waals surface area (Å²) in [5.41, 5.74) is 7.41. The molecule has 152 valence electrons. The number of hydrogen-bond donors (Lipinski definition) is 2. The number of thioether (sulfide) groups is 1. The lowest BCUT2D eigenvalue weighted by atomic mass is 9.94. The summed E-state index contributed by atoms with van der Waals surface area (Å²) in [6, 6.07) is 9.12. The van der Waals surface area contributed by atoms with Gasteiger partial charge in [-0.2, -0.15) is 0 Å². The molecule has 2 N–H and O–H groups in total. The summed E-state index contributed by atoms with van der Waals surface area (Å²) in [7, 11) is 0. The zero-order chi connectivity index (χ0) is 20.6. The smallest absolute Gasteiger partial charge is 0.269 e. The number of carbonyl (C=O) groups is 1. The lowest BCUT2D eigenvalue weighted by molar-refractivity contribution is -0.0379. The quantitative estimate of drug-likeness (QED) is 0.345. The van der Waals surface area contributed by atoms with Gasteiger partial charge in [0.2, 0.25) is 0 Å². The molecule has 0 spiro atoms. The van der Waals surface area contributed by atoms with Crippen molar-refractivity contribution in [1.29, 1.82) is 0 Å². The zero-order valence-corrected chi connectivity index (χ0v) is 18.5. The van der Waals surface area contributed by atoms with Gasteiger partial charge in [-0.05, 0) is 31.5 Å². The molecule has 0 atom stereocenters.